The quantitative estimate of drug-likeness (QED) is 0.744. The smallest absolute Gasteiger partial charge is 0.319 e. The Hall–Kier alpha value is -2.45. The summed E-state index contributed by atoms with van der Waals surface area (Å²) in [6.45, 7) is 12.8. The van der Waals surface area contributed by atoms with Gasteiger partial charge in [-0.15, -0.1) is 0 Å². The average molecular weight is 387 g/mol. The molecule has 0 radical (unpaired) electrons. The van der Waals surface area contributed by atoms with Gasteiger partial charge in [-0.2, -0.15) is 10.1 Å². The summed E-state index contributed by atoms with van der Waals surface area (Å²) in [7, 11) is 0. The van der Waals surface area contributed by atoms with E-state index in [2.05, 4.69) is 26.5 Å². The van der Waals surface area contributed by atoms with Crippen LogP contribution in [0.5, 0.6) is 11.9 Å². The Morgan fingerprint density at radius 1 is 1.25 bits per heavy atom. The molecule has 1 fully saturated rings. The summed E-state index contributed by atoms with van der Waals surface area (Å²) in [5.74, 6) is 0.403. The van der Waals surface area contributed by atoms with Gasteiger partial charge in [-0.1, -0.05) is 6.58 Å². The van der Waals surface area contributed by atoms with Crippen LogP contribution in [0.15, 0.2) is 19.0 Å². The third kappa shape index (κ3) is 4.34. The lowest BCUT2D eigenvalue weighted by molar-refractivity contribution is -0.0303. The van der Waals surface area contributed by atoms with Gasteiger partial charge in [0.15, 0.2) is 0 Å². The van der Waals surface area contributed by atoms with Gasteiger partial charge in [0.25, 0.3) is 0 Å². The van der Waals surface area contributed by atoms with Crippen LogP contribution in [0.25, 0.3) is 6.20 Å². The molecule has 3 heterocycles. The molecule has 0 aromatic carbocycles. The Morgan fingerprint density at radius 3 is 2.57 bits per heavy atom. The maximum Gasteiger partial charge on any atom is 0.319 e. The molecule has 0 aliphatic carbocycles. The summed E-state index contributed by atoms with van der Waals surface area (Å²) >= 11 is 0. The molecule has 0 bridgehead atoms. The Labute approximate surface area is 165 Å². The van der Waals surface area contributed by atoms with Crippen molar-refractivity contribution in [2.75, 3.05) is 26.3 Å². The number of hydrogen-bond donors (Lipinski definition) is 1. The molecular weight excluding hydrogens is 358 g/mol. The molecule has 0 spiro atoms. The van der Waals surface area contributed by atoms with E-state index in [1.165, 1.54) is 5.56 Å². The lowest BCUT2D eigenvalue weighted by Crippen LogP contribution is -2.42. The lowest BCUT2D eigenvalue weighted by Gasteiger charge is -2.38. The zero-order valence-corrected chi connectivity index (χ0v) is 16.9. The van der Waals surface area contributed by atoms with Gasteiger partial charge in [0.2, 0.25) is 5.88 Å². The summed E-state index contributed by atoms with van der Waals surface area (Å²) in [6.07, 6.45) is 6.48. The third-order valence-electron chi connectivity index (χ3n) is 5.07. The molecule has 28 heavy (non-hydrogen) atoms. The maximum atomic E-state index is 11.3. The zero-order valence-electron chi connectivity index (χ0n) is 16.9. The molecule has 2 aromatic heterocycles. The lowest BCUT2D eigenvalue weighted by atomic mass is 9.85. The van der Waals surface area contributed by atoms with E-state index in [9.17, 15) is 5.11 Å². The average Bonchev–Trinajstić information content (AvgIpc) is 3.04. The standard InChI is InChI=1S/C20H29N5O3/c1-5-25-14-16(15(4)23-25)13-24-10-8-20(26,9-11-24)17-12-21-19(28-7-3)22-18(17)27-6-2/h5,12,14,26H,1,6-11,13H2,2-4H3. The Bertz CT molecular complexity index is 812. The third-order valence-corrected chi connectivity index (χ3v) is 5.07. The van der Waals surface area contributed by atoms with Crippen LogP contribution >= 0.6 is 0 Å². The molecule has 1 aliphatic rings. The predicted molar refractivity (Wildman–Crippen MR) is 106 cm³/mol. The number of ether oxygens (including phenoxy) is 2. The highest BCUT2D eigenvalue weighted by atomic mass is 16.5. The molecule has 3 rings (SSSR count). The van der Waals surface area contributed by atoms with Crippen LogP contribution < -0.4 is 9.47 Å². The summed E-state index contributed by atoms with van der Waals surface area (Å²) in [6, 6.07) is 0.269. The van der Waals surface area contributed by atoms with Gasteiger partial charge in [-0.3, -0.25) is 4.90 Å². The highest BCUT2D eigenvalue weighted by molar-refractivity contribution is 5.32. The fourth-order valence-electron chi connectivity index (χ4n) is 3.47. The zero-order chi connectivity index (χ0) is 20.1. The van der Waals surface area contributed by atoms with E-state index in [1.807, 2.05) is 27.0 Å². The van der Waals surface area contributed by atoms with Crippen molar-refractivity contribution < 1.29 is 14.6 Å². The second-order valence-electron chi connectivity index (χ2n) is 6.95. The molecule has 152 valence electrons. The Balaban J connectivity index is 1.71. The molecule has 8 nitrogen and oxygen atoms in total. The van der Waals surface area contributed by atoms with E-state index in [0.717, 1.165) is 25.3 Å². The van der Waals surface area contributed by atoms with Gasteiger partial charge in [-0.05, 0) is 33.6 Å². The van der Waals surface area contributed by atoms with E-state index in [1.54, 1.807) is 17.1 Å². The van der Waals surface area contributed by atoms with Crippen LogP contribution in [0.3, 0.4) is 0 Å². The van der Waals surface area contributed by atoms with Gasteiger partial charge >= 0.3 is 6.01 Å². The van der Waals surface area contributed by atoms with Crippen molar-refractivity contribution in [3.05, 3.63) is 35.8 Å². The molecule has 1 N–H and O–H groups in total. The topological polar surface area (TPSA) is 85.5 Å². The second-order valence-corrected chi connectivity index (χ2v) is 6.95. The molecule has 0 saturated carbocycles. The van der Waals surface area contributed by atoms with Gasteiger partial charge in [0.05, 0.1) is 30.1 Å². The van der Waals surface area contributed by atoms with Crippen molar-refractivity contribution in [3.63, 3.8) is 0 Å². The largest absolute Gasteiger partial charge is 0.478 e. The van der Waals surface area contributed by atoms with Crippen molar-refractivity contribution in [1.29, 1.82) is 0 Å². The minimum atomic E-state index is -1.01. The minimum absolute atomic E-state index is 0.269. The molecule has 0 amide bonds. The van der Waals surface area contributed by atoms with Gasteiger partial charge < -0.3 is 14.6 Å². The SMILES string of the molecule is C=Cn1cc(CN2CCC(O)(c3cnc(OCC)nc3OCC)CC2)c(C)n1. The number of nitrogens with zero attached hydrogens (tertiary/aromatic N) is 5. The molecule has 1 aliphatic heterocycles. The first-order valence-corrected chi connectivity index (χ1v) is 9.74. The molecule has 0 unspecified atom stereocenters. The normalized spacial score (nSPS) is 16.7. The number of likely N-dealkylation sites (tertiary alicyclic amines) is 1. The predicted octanol–water partition coefficient (Wildman–Crippen LogP) is 2.36. The molecule has 2 aromatic rings. The van der Waals surface area contributed by atoms with Crippen molar-refractivity contribution in [2.45, 2.75) is 45.8 Å². The first kappa shape index (κ1) is 20.3. The van der Waals surface area contributed by atoms with Crippen molar-refractivity contribution in [3.8, 4) is 11.9 Å². The molecular formula is C20H29N5O3. The maximum absolute atomic E-state index is 11.3. The van der Waals surface area contributed by atoms with Crippen molar-refractivity contribution in [2.24, 2.45) is 0 Å². The van der Waals surface area contributed by atoms with Crippen LogP contribution in [0.2, 0.25) is 0 Å². The molecule has 8 heteroatoms. The first-order valence-electron chi connectivity index (χ1n) is 9.74. The summed E-state index contributed by atoms with van der Waals surface area (Å²) in [5, 5.41) is 15.7. The van der Waals surface area contributed by atoms with E-state index in [4.69, 9.17) is 9.47 Å². The van der Waals surface area contributed by atoms with Gasteiger partial charge in [0.1, 0.15) is 0 Å². The van der Waals surface area contributed by atoms with E-state index in [0.29, 0.717) is 37.5 Å². The van der Waals surface area contributed by atoms with Crippen molar-refractivity contribution in [1.82, 2.24) is 24.6 Å². The van der Waals surface area contributed by atoms with Gasteiger partial charge in [0, 0.05) is 43.8 Å². The van der Waals surface area contributed by atoms with Crippen LogP contribution in [0.4, 0.5) is 0 Å². The van der Waals surface area contributed by atoms with Gasteiger partial charge in [-0.25, -0.2) is 9.67 Å². The summed E-state index contributed by atoms with van der Waals surface area (Å²) in [4.78, 5) is 10.9. The number of aryl methyl sites for hydroxylation is 1. The van der Waals surface area contributed by atoms with Crippen LogP contribution in [-0.4, -0.2) is 56.1 Å². The van der Waals surface area contributed by atoms with Crippen LogP contribution in [0, 0.1) is 6.92 Å². The summed E-state index contributed by atoms with van der Waals surface area (Å²) < 4.78 is 12.8. The number of aromatic nitrogens is 4. The Morgan fingerprint density at radius 2 is 1.96 bits per heavy atom. The fourth-order valence-corrected chi connectivity index (χ4v) is 3.47. The molecule has 1 saturated heterocycles. The monoisotopic (exact) mass is 387 g/mol. The Kier molecular flexibility index (Phi) is 6.31. The first-order chi connectivity index (χ1) is 13.5. The second kappa shape index (κ2) is 8.70. The van der Waals surface area contributed by atoms with E-state index in [-0.39, 0.29) is 6.01 Å². The molecule has 0 atom stereocenters. The van der Waals surface area contributed by atoms with E-state index < -0.39 is 5.60 Å². The number of piperidine rings is 1. The highest BCUT2D eigenvalue weighted by Gasteiger charge is 2.37. The van der Waals surface area contributed by atoms with Crippen LogP contribution in [0.1, 0.15) is 43.5 Å². The summed E-state index contributed by atoms with van der Waals surface area (Å²) in [5.41, 5.74) is 1.80. The van der Waals surface area contributed by atoms with Crippen LogP contribution in [-0.2, 0) is 12.1 Å². The highest BCUT2D eigenvalue weighted by Crippen LogP contribution is 2.38. The van der Waals surface area contributed by atoms with Crippen molar-refractivity contribution >= 4 is 6.20 Å². The fraction of sp³-hybridized carbons (Fsp3) is 0.550. The number of hydrogen-bond acceptors (Lipinski definition) is 7. The number of rotatable bonds is 8. The number of aliphatic hydroxyl groups is 1. The van der Waals surface area contributed by atoms with E-state index >= 15 is 0 Å². The minimum Gasteiger partial charge on any atom is -0.478 e.